The number of nitrogens with zero attached hydrogens (tertiary/aromatic N) is 1. The summed E-state index contributed by atoms with van der Waals surface area (Å²) in [6, 6.07) is 8.17. The lowest BCUT2D eigenvalue weighted by Gasteiger charge is -2.22. The van der Waals surface area contributed by atoms with E-state index in [1.165, 1.54) is 41.5 Å². The Balaban J connectivity index is 1.20. The summed E-state index contributed by atoms with van der Waals surface area (Å²) in [7, 11) is 0. The molecule has 0 spiro atoms. The third-order valence-electron chi connectivity index (χ3n) is 5.45. The van der Waals surface area contributed by atoms with E-state index in [0.717, 1.165) is 24.8 Å². The van der Waals surface area contributed by atoms with E-state index in [9.17, 15) is 9.59 Å². The van der Waals surface area contributed by atoms with E-state index >= 15 is 0 Å². The molecule has 1 saturated carbocycles. The molecule has 0 radical (unpaired) electrons. The number of amides is 3. The van der Waals surface area contributed by atoms with Gasteiger partial charge in [0.15, 0.2) is 5.13 Å². The van der Waals surface area contributed by atoms with Crippen LogP contribution in [0.1, 0.15) is 43.4 Å². The normalized spacial score (nSPS) is 14.5. The second kappa shape index (κ2) is 9.75. The maximum Gasteiger partial charge on any atom is 0.321 e. The monoisotopic (exact) mass is 425 g/mol. The second-order valence-corrected chi connectivity index (χ2v) is 8.57. The number of carbonyl (C=O) groups excluding carboxylic acids is 2. The molecular weight excluding hydrogens is 398 g/mol. The third kappa shape index (κ3) is 5.38. The van der Waals surface area contributed by atoms with E-state index < -0.39 is 0 Å². The Morgan fingerprint density at radius 1 is 1.17 bits per heavy atom. The minimum absolute atomic E-state index is 0.0710. The maximum absolute atomic E-state index is 12.2. The first-order chi connectivity index (χ1) is 14.7. The smallest absolute Gasteiger partial charge is 0.321 e. The molecule has 158 valence electrons. The fourth-order valence-corrected chi connectivity index (χ4v) is 4.62. The minimum Gasteiger partial charge on any atom is -0.361 e. The number of H-pyrrole nitrogens is 1. The van der Waals surface area contributed by atoms with Gasteiger partial charge < -0.3 is 15.6 Å². The van der Waals surface area contributed by atoms with Crippen molar-refractivity contribution in [3.63, 3.8) is 0 Å². The molecule has 4 rings (SSSR count). The van der Waals surface area contributed by atoms with Crippen molar-refractivity contribution < 1.29 is 9.59 Å². The van der Waals surface area contributed by atoms with Crippen LogP contribution in [0.5, 0.6) is 0 Å². The first-order valence-corrected chi connectivity index (χ1v) is 11.4. The van der Waals surface area contributed by atoms with Crippen LogP contribution in [0, 0.1) is 0 Å². The molecule has 1 aliphatic rings. The number of aromatic nitrogens is 2. The molecule has 2 aromatic heterocycles. The first kappa shape index (κ1) is 20.4. The molecule has 8 heteroatoms. The van der Waals surface area contributed by atoms with Crippen LogP contribution in [-0.2, 0) is 17.6 Å². The highest BCUT2D eigenvalue weighted by atomic mass is 32.1. The van der Waals surface area contributed by atoms with Crippen molar-refractivity contribution in [3.8, 4) is 0 Å². The molecule has 3 aromatic rings. The Bertz CT molecular complexity index is 1010. The molecule has 30 heavy (non-hydrogen) atoms. The zero-order valence-electron chi connectivity index (χ0n) is 16.9. The molecule has 1 fully saturated rings. The zero-order chi connectivity index (χ0) is 20.8. The van der Waals surface area contributed by atoms with Gasteiger partial charge in [0.1, 0.15) is 0 Å². The number of fused-ring (bicyclic) bond motifs is 1. The van der Waals surface area contributed by atoms with Crippen LogP contribution in [0.15, 0.2) is 35.8 Å². The van der Waals surface area contributed by atoms with E-state index in [4.69, 9.17) is 0 Å². The average molecular weight is 426 g/mol. The van der Waals surface area contributed by atoms with Gasteiger partial charge in [-0.05, 0) is 30.9 Å². The number of rotatable bonds is 7. The van der Waals surface area contributed by atoms with Gasteiger partial charge >= 0.3 is 6.03 Å². The summed E-state index contributed by atoms with van der Waals surface area (Å²) in [5.74, 6) is -0.0710. The van der Waals surface area contributed by atoms with Gasteiger partial charge in [0.25, 0.3) is 0 Å². The van der Waals surface area contributed by atoms with Crippen LogP contribution in [0.25, 0.3) is 10.9 Å². The lowest BCUT2D eigenvalue weighted by molar-refractivity contribution is -0.120. The van der Waals surface area contributed by atoms with E-state index in [1.807, 2.05) is 29.8 Å². The quantitative estimate of drug-likeness (QED) is 0.461. The molecule has 0 saturated heterocycles. The molecule has 7 nitrogen and oxygen atoms in total. The summed E-state index contributed by atoms with van der Waals surface area (Å²) in [6.45, 7) is 0.569. The number of anilines is 1. The number of aromatic amines is 1. The fourth-order valence-electron chi connectivity index (χ4n) is 3.91. The van der Waals surface area contributed by atoms with E-state index in [1.54, 1.807) is 0 Å². The van der Waals surface area contributed by atoms with Crippen LogP contribution in [0.2, 0.25) is 0 Å². The number of carbonyl (C=O) groups is 2. The Morgan fingerprint density at radius 2 is 2.00 bits per heavy atom. The van der Waals surface area contributed by atoms with Gasteiger partial charge in [0.2, 0.25) is 5.91 Å². The number of benzene rings is 1. The van der Waals surface area contributed by atoms with E-state index in [2.05, 4.69) is 32.0 Å². The molecule has 1 aliphatic carbocycles. The molecule has 0 unspecified atom stereocenters. The average Bonchev–Trinajstić information content (AvgIpc) is 3.35. The number of hydrogen-bond acceptors (Lipinski definition) is 4. The number of para-hydroxylation sites is 1. The highest BCUT2D eigenvalue weighted by molar-refractivity contribution is 7.13. The van der Waals surface area contributed by atoms with Crippen molar-refractivity contribution in [2.75, 3.05) is 11.9 Å². The van der Waals surface area contributed by atoms with Crippen LogP contribution in [0.3, 0.4) is 0 Å². The molecule has 0 atom stereocenters. The van der Waals surface area contributed by atoms with Crippen molar-refractivity contribution in [1.29, 1.82) is 0 Å². The number of nitrogens with one attached hydrogen (secondary N) is 4. The van der Waals surface area contributed by atoms with E-state index in [-0.39, 0.29) is 24.4 Å². The topological polar surface area (TPSA) is 98.9 Å². The molecule has 3 amide bonds. The molecule has 2 heterocycles. The summed E-state index contributed by atoms with van der Waals surface area (Å²) >= 11 is 1.34. The van der Waals surface area contributed by atoms with Gasteiger partial charge in [0.05, 0.1) is 12.1 Å². The minimum atomic E-state index is -0.217. The third-order valence-corrected chi connectivity index (χ3v) is 6.25. The molecule has 4 N–H and O–H groups in total. The van der Waals surface area contributed by atoms with Crippen LogP contribution >= 0.6 is 11.3 Å². The van der Waals surface area contributed by atoms with Crippen LogP contribution < -0.4 is 16.0 Å². The predicted octanol–water partition coefficient (Wildman–Crippen LogP) is 3.98. The Kier molecular flexibility index (Phi) is 6.63. The Labute approximate surface area is 179 Å². The summed E-state index contributed by atoms with van der Waals surface area (Å²) in [4.78, 5) is 32.0. The number of thiazole rings is 1. The highest BCUT2D eigenvalue weighted by Crippen LogP contribution is 2.19. The van der Waals surface area contributed by atoms with Crippen molar-refractivity contribution in [3.05, 3.63) is 47.1 Å². The first-order valence-electron chi connectivity index (χ1n) is 10.5. The lowest BCUT2D eigenvalue weighted by Crippen LogP contribution is -2.39. The van der Waals surface area contributed by atoms with E-state index in [0.29, 0.717) is 17.4 Å². The molecule has 1 aromatic carbocycles. The zero-order valence-corrected chi connectivity index (χ0v) is 17.7. The SMILES string of the molecule is O=C(Cc1csc(NC(=O)NC2CCCCC2)n1)NCCc1c[nH]c2ccccc12. The van der Waals surface area contributed by atoms with Crippen molar-refractivity contribution in [2.24, 2.45) is 0 Å². The van der Waals surface area contributed by atoms with Crippen LogP contribution in [0.4, 0.5) is 9.93 Å². The Hall–Kier alpha value is -2.87. The van der Waals surface area contributed by atoms with Crippen molar-refractivity contribution >= 4 is 39.3 Å². The van der Waals surface area contributed by atoms with Crippen LogP contribution in [-0.4, -0.2) is 34.5 Å². The van der Waals surface area contributed by atoms with Gasteiger partial charge in [-0.3, -0.25) is 10.1 Å². The lowest BCUT2D eigenvalue weighted by atomic mass is 9.96. The predicted molar refractivity (Wildman–Crippen MR) is 120 cm³/mol. The second-order valence-electron chi connectivity index (χ2n) is 7.71. The largest absolute Gasteiger partial charge is 0.361 e. The summed E-state index contributed by atoms with van der Waals surface area (Å²) < 4.78 is 0. The molecular formula is C22H27N5O2S. The fraction of sp³-hybridized carbons (Fsp3) is 0.409. The van der Waals surface area contributed by atoms with Crippen molar-refractivity contribution in [1.82, 2.24) is 20.6 Å². The van der Waals surface area contributed by atoms with Crippen molar-refractivity contribution in [2.45, 2.75) is 51.0 Å². The Morgan fingerprint density at radius 3 is 2.87 bits per heavy atom. The number of hydrogen-bond donors (Lipinski definition) is 4. The van der Waals surface area contributed by atoms with Gasteiger partial charge in [0, 0.05) is 35.1 Å². The molecule has 0 bridgehead atoms. The van der Waals surface area contributed by atoms with Gasteiger partial charge in [-0.25, -0.2) is 9.78 Å². The van der Waals surface area contributed by atoms with Gasteiger partial charge in [-0.2, -0.15) is 0 Å². The summed E-state index contributed by atoms with van der Waals surface area (Å²) in [6.07, 6.45) is 8.62. The summed E-state index contributed by atoms with van der Waals surface area (Å²) in [5, 5.41) is 12.3. The van der Waals surface area contributed by atoms with Gasteiger partial charge in [-0.15, -0.1) is 11.3 Å². The summed E-state index contributed by atoms with van der Waals surface area (Å²) in [5.41, 5.74) is 2.96. The molecule has 0 aliphatic heterocycles. The highest BCUT2D eigenvalue weighted by Gasteiger charge is 2.16. The number of urea groups is 1. The van der Waals surface area contributed by atoms with Gasteiger partial charge in [-0.1, -0.05) is 37.5 Å². The standard InChI is InChI=1S/C22H27N5O2S/c28-20(23-11-10-15-13-24-19-9-5-4-8-18(15)19)12-17-14-30-22(26-17)27-21(29)25-16-6-2-1-3-7-16/h4-5,8-9,13-14,16,24H,1-3,6-7,10-12H2,(H,23,28)(H2,25,26,27,29). The maximum atomic E-state index is 12.2.